The molecule has 4 rings (SSSR count). The van der Waals surface area contributed by atoms with Crippen molar-refractivity contribution in [3.63, 3.8) is 0 Å². The van der Waals surface area contributed by atoms with E-state index in [1.807, 2.05) is 18.0 Å². The topological polar surface area (TPSA) is 101 Å². The Labute approximate surface area is 161 Å². The van der Waals surface area contributed by atoms with Crippen LogP contribution in [0.2, 0.25) is 0 Å². The van der Waals surface area contributed by atoms with Crippen molar-refractivity contribution < 1.29 is 17.3 Å². The molecule has 2 atom stereocenters. The molecule has 0 spiro atoms. The number of rotatable bonds is 5. The van der Waals surface area contributed by atoms with Gasteiger partial charge in [-0.25, -0.2) is 17.5 Å². The van der Waals surface area contributed by atoms with Crippen molar-refractivity contribution in [3.05, 3.63) is 60.5 Å². The Morgan fingerprint density at radius 3 is 2.75 bits per heavy atom. The lowest BCUT2D eigenvalue weighted by Crippen LogP contribution is -2.36. The molecule has 146 valence electrons. The van der Waals surface area contributed by atoms with Gasteiger partial charge in [-0.3, -0.25) is 9.88 Å². The van der Waals surface area contributed by atoms with Gasteiger partial charge in [0.05, 0.1) is 10.9 Å². The van der Waals surface area contributed by atoms with E-state index in [-0.39, 0.29) is 17.0 Å². The second-order valence-corrected chi connectivity index (χ2v) is 8.38. The highest BCUT2D eigenvalue weighted by Gasteiger charge is 2.36. The van der Waals surface area contributed by atoms with Gasteiger partial charge in [0.25, 0.3) is 0 Å². The van der Waals surface area contributed by atoms with Crippen LogP contribution in [0.5, 0.6) is 0 Å². The number of likely N-dealkylation sites (N-methyl/N-ethyl adjacent to an activating group) is 1. The third kappa shape index (κ3) is 3.79. The van der Waals surface area contributed by atoms with Crippen LogP contribution in [0.3, 0.4) is 0 Å². The van der Waals surface area contributed by atoms with Crippen LogP contribution in [0.1, 0.15) is 18.4 Å². The van der Waals surface area contributed by atoms with E-state index in [9.17, 15) is 12.8 Å². The number of likely N-dealkylation sites (tertiary alicyclic amines) is 1. The van der Waals surface area contributed by atoms with E-state index >= 15 is 0 Å². The van der Waals surface area contributed by atoms with E-state index in [4.69, 9.17) is 4.52 Å². The molecule has 0 bridgehead atoms. The third-order valence-corrected chi connectivity index (χ3v) is 6.18. The van der Waals surface area contributed by atoms with E-state index in [1.165, 1.54) is 12.1 Å². The molecular formula is C18H18FN5O3S. The van der Waals surface area contributed by atoms with Crippen molar-refractivity contribution in [2.45, 2.75) is 23.4 Å². The lowest BCUT2D eigenvalue weighted by molar-refractivity contribution is 0.244. The molecule has 2 unspecified atom stereocenters. The fourth-order valence-corrected chi connectivity index (χ4v) is 4.50. The molecule has 10 heteroatoms. The smallest absolute Gasteiger partial charge is 0.244 e. The van der Waals surface area contributed by atoms with Gasteiger partial charge in [-0.15, -0.1) is 0 Å². The van der Waals surface area contributed by atoms with Gasteiger partial charge in [-0.1, -0.05) is 5.16 Å². The Hall–Kier alpha value is -2.69. The van der Waals surface area contributed by atoms with Gasteiger partial charge in [0.2, 0.25) is 21.7 Å². The summed E-state index contributed by atoms with van der Waals surface area (Å²) in [5.41, 5.74) is 0.742. The number of pyridine rings is 1. The minimum absolute atomic E-state index is 0.0247. The van der Waals surface area contributed by atoms with Crippen LogP contribution >= 0.6 is 0 Å². The van der Waals surface area contributed by atoms with Crippen molar-refractivity contribution in [1.29, 1.82) is 0 Å². The van der Waals surface area contributed by atoms with Crippen molar-refractivity contribution in [1.82, 2.24) is 24.7 Å². The molecule has 0 amide bonds. The first-order valence-corrected chi connectivity index (χ1v) is 10.1. The molecule has 1 N–H and O–H groups in total. The molecule has 1 saturated heterocycles. The van der Waals surface area contributed by atoms with E-state index in [2.05, 4.69) is 19.8 Å². The fourth-order valence-electron chi connectivity index (χ4n) is 3.26. The molecular weight excluding hydrogens is 385 g/mol. The summed E-state index contributed by atoms with van der Waals surface area (Å²) in [5.74, 6) is 0.372. The number of nitrogens with one attached hydrogen (secondary N) is 1. The maximum atomic E-state index is 13.0. The van der Waals surface area contributed by atoms with E-state index in [1.54, 1.807) is 18.5 Å². The minimum atomic E-state index is -3.75. The van der Waals surface area contributed by atoms with Crippen molar-refractivity contribution in [3.8, 4) is 11.4 Å². The number of benzene rings is 1. The largest absolute Gasteiger partial charge is 0.337 e. The highest BCUT2D eigenvalue weighted by Crippen LogP contribution is 2.31. The number of hydrogen-bond donors (Lipinski definition) is 1. The number of sulfonamides is 1. The van der Waals surface area contributed by atoms with Crippen LogP contribution in [0.25, 0.3) is 11.4 Å². The predicted octanol–water partition coefficient (Wildman–Crippen LogP) is 1.99. The van der Waals surface area contributed by atoms with E-state index in [0.29, 0.717) is 24.7 Å². The van der Waals surface area contributed by atoms with Gasteiger partial charge >= 0.3 is 0 Å². The number of aromatic nitrogens is 3. The monoisotopic (exact) mass is 403 g/mol. The Morgan fingerprint density at radius 2 is 2.04 bits per heavy atom. The molecule has 1 aliphatic heterocycles. The summed E-state index contributed by atoms with van der Waals surface area (Å²) in [6.45, 7) is 0.482. The Balaban J connectivity index is 1.48. The summed E-state index contributed by atoms with van der Waals surface area (Å²) >= 11 is 0. The number of hydrogen-bond acceptors (Lipinski definition) is 7. The van der Waals surface area contributed by atoms with Gasteiger partial charge in [-0.05, 0) is 49.9 Å². The van der Waals surface area contributed by atoms with Gasteiger partial charge in [-0.2, -0.15) is 4.98 Å². The Morgan fingerprint density at radius 1 is 1.25 bits per heavy atom. The van der Waals surface area contributed by atoms with Crippen LogP contribution in [0.15, 0.2) is 58.2 Å². The zero-order valence-corrected chi connectivity index (χ0v) is 15.8. The summed E-state index contributed by atoms with van der Waals surface area (Å²) in [5, 5.41) is 3.99. The summed E-state index contributed by atoms with van der Waals surface area (Å²) < 4.78 is 46.2. The van der Waals surface area contributed by atoms with Crippen molar-refractivity contribution in [2.24, 2.45) is 0 Å². The fraction of sp³-hybridized carbons (Fsp3) is 0.278. The SMILES string of the molecule is CN1CC(NS(=O)(=O)c2ccc(F)cc2)CC1c1nc(-c2cccnc2)no1. The first-order chi connectivity index (χ1) is 13.4. The number of halogens is 1. The average molecular weight is 403 g/mol. The third-order valence-electron chi connectivity index (χ3n) is 4.64. The molecule has 0 radical (unpaired) electrons. The zero-order valence-electron chi connectivity index (χ0n) is 15.0. The van der Waals surface area contributed by atoms with Crippen LogP contribution in [0, 0.1) is 5.82 Å². The van der Waals surface area contributed by atoms with Gasteiger partial charge < -0.3 is 4.52 Å². The van der Waals surface area contributed by atoms with Gasteiger partial charge in [0.15, 0.2) is 0 Å². The summed E-state index contributed by atoms with van der Waals surface area (Å²) in [6, 6.07) is 7.80. The normalized spacial score (nSPS) is 20.5. The summed E-state index contributed by atoms with van der Waals surface area (Å²) in [6.07, 6.45) is 3.78. The van der Waals surface area contributed by atoms with Crippen LogP contribution in [0.4, 0.5) is 4.39 Å². The van der Waals surface area contributed by atoms with Crippen molar-refractivity contribution >= 4 is 10.0 Å². The predicted molar refractivity (Wildman–Crippen MR) is 98.0 cm³/mol. The molecule has 1 aromatic carbocycles. The van der Waals surface area contributed by atoms with Crippen molar-refractivity contribution in [2.75, 3.05) is 13.6 Å². The van der Waals surface area contributed by atoms with Crippen LogP contribution in [-0.4, -0.2) is 48.1 Å². The quantitative estimate of drug-likeness (QED) is 0.695. The van der Waals surface area contributed by atoms with E-state index < -0.39 is 15.8 Å². The molecule has 0 aliphatic carbocycles. The maximum absolute atomic E-state index is 13.0. The second kappa shape index (κ2) is 7.38. The molecule has 2 aromatic heterocycles. The lowest BCUT2D eigenvalue weighted by Gasteiger charge is -2.14. The lowest BCUT2D eigenvalue weighted by atomic mass is 10.2. The standard InChI is InChI=1S/C18H18FN5O3S/c1-24-11-14(23-28(25,26)15-6-4-13(19)5-7-15)9-16(24)18-21-17(22-27-18)12-3-2-8-20-10-12/h2-8,10,14,16,23H,9,11H2,1H3. The Kier molecular flexibility index (Phi) is 4.92. The Bertz CT molecular complexity index is 1060. The second-order valence-electron chi connectivity index (χ2n) is 6.66. The molecule has 0 saturated carbocycles. The molecule has 8 nitrogen and oxygen atoms in total. The highest BCUT2D eigenvalue weighted by atomic mass is 32.2. The zero-order chi connectivity index (χ0) is 19.7. The summed E-state index contributed by atoms with van der Waals surface area (Å²) in [4.78, 5) is 10.5. The van der Waals surface area contributed by atoms with Gasteiger partial charge in [0, 0.05) is 30.5 Å². The first-order valence-electron chi connectivity index (χ1n) is 8.64. The molecule has 3 heterocycles. The molecule has 28 heavy (non-hydrogen) atoms. The average Bonchev–Trinajstić information content (AvgIpc) is 3.29. The van der Waals surface area contributed by atoms with E-state index in [0.717, 1.165) is 17.7 Å². The highest BCUT2D eigenvalue weighted by molar-refractivity contribution is 7.89. The summed E-state index contributed by atoms with van der Waals surface area (Å²) in [7, 11) is -1.88. The molecule has 1 aliphatic rings. The number of nitrogens with zero attached hydrogens (tertiary/aromatic N) is 4. The minimum Gasteiger partial charge on any atom is -0.337 e. The first kappa shape index (κ1) is 18.7. The van der Waals surface area contributed by atoms with Crippen LogP contribution in [-0.2, 0) is 10.0 Å². The maximum Gasteiger partial charge on any atom is 0.244 e. The molecule has 1 fully saturated rings. The van der Waals surface area contributed by atoms with Crippen LogP contribution < -0.4 is 4.72 Å². The van der Waals surface area contributed by atoms with Gasteiger partial charge in [0.1, 0.15) is 5.82 Å². The molecule has 3 aromatic rings.